The number of benzene rings is 2. The molecule has 2 amide bonds. The van der Waals surface area contributed by atoms with Crippen LogP contribution in [0.3, 0.4) is 0 Å². The van der Waals surface area contributed by atoms with E-state index in [0.717, 1.165) is 5.69 Å². The van der Waals surface area contributed by atoms with Gasteiger partial charge in [-0.05, 0) is 65.2 Å². The van der Waals surface area contributed by atoms with E-state index in [4.69, 9.17) is 0 Å². The van der Waals surface area contributed by atoms with Crippen LogP contribution in [-0.4, -0.2) is 43.3 Å². The Bertz CT molecular complexity index is 1230. The van der Waals surface area contributed by atoms with Gasteiger partial charge in [-0.25, -0.2) is 0 Å². The third-order valence-corrected chi connectivity index (χ3v) is 4.90. The number of hydrogen-bond acceptors (Lipinski definition) is 7. The SMILES string of the molecule is CSc1nnnn1-c1cccc(NC(=O)c2cccc(NC(=O)c3cccnc3)c2)c1. The Hall–Kier alpha value is -4.05. The predicted octanol–water partition coefficient (Wildman–Crippen LogP) is 3.28. The summed E-state index contributed by atoms with van der Waals surface area (Å²) in [6.45, 7) is 0. The number of carbonyl (C=O) groups is 2. The minimum Gasteiger partial charge on any atom is -0.322 e. The number of thioether (sulfide) groups is 1. The van der Waals surface area contributed by atoms with Gasteiger partial charge in [-0.1, -0.05) is 23.9 Å². The molecule has 31 heavy (non-hydrogen) atoms. The van der Waals surface area contributed by atoms with Crippen molar-refractivity contribution in [2.24, 2.45) is 0 Å². The predicted molar refractivity (Wildman–Crippen MR) is 118 cm³/mol. The zero-order chi connectivity index (χ0) is 21.6. The van der Waals surface area contributed by atoms with Crippen molar-refractivity contribution in [1.29, 1.82) is 0 Å². The minimum atomic E-state index is -0.309. The number of pyridine rings is 1. The monoisotopic (exact) mass is 431 g/mol. The number of hydrogen-bond donors (Lipinski definition) is 2. The zero-order valence-electron chi connectivity index (χ0n) is 16.4. The third-order valence-electron chi connectivity index (χ3n) is 4.28. The summed E-state index contributed by atoms with van der Waals surface area (Å²) in [4.78, 5) is 29.0. The van der Waals surface area contributed by atoms with Crippen LogP contribution in [0.5, 0.6) is 0 Å². The molecule has 0 aliphatic rings. The first-order valence-electron chi connectivity index (χ1n) is 9.19. The number of amides is 2. The van der Waals surface area contributed by atoms with Gasteiger partial charge in [-0.3, -0.25) is 14.6 Å². The Labute approximate surface area is 181 Å². The summed E-state index contributed by atoms with van der Waals surface area (Å²) < 4.78 is 1.59. The smallest absolute Gasteiger partial charge is 0.257 e. The van der Waals surface area contributed by atoms with Gasteiger partial charge in [0, 0.05) is 29.3 Å². The lowest BCUT2D eigenvalue weighted by Gasteiger charge is -2.10. The molecule has 0 fully saturated rings. The third kappa shape index (κ3) is 4.75. The van der Waals surface area contributed by atoms with Gasteiger partial charge >= 0.3 is 0 Å². The fraction of sp³-hybridized carbons (Fsp3) is 0.0476. The van der Waals surface area contributed by atoms with Crippen molar-refractivity contribution in [2.75, 3.05) is 16.9 Å². The maximum absolute atomic E-state index is 12.8. The second kappa shape index (κ2) is 9.18. The number of nitrogens with one attached hydrogen (secondary N) is 2. The van der Waals surface area contributed by atoms with Gasteiger partial charge in [0.05, 0.1) is 11.3 Å². The first kappa shape index (κ1) is 20.2. The molecule has 0 aliphatic heterocycles. The molecule has 2 heterocycles. The van der Waals surface area contributed by atoms with Crippen LogP contribution in [0.2, 0.25) is 0 Å². The molecule has 4 rings (SSSR count). The topological polar surface area (TPSA) is 115 Å². The molecule has 2 N–H and O–H groups in total. The van der Waals surface area contributed by atoms with Crippen molar-refractivity contribution in [3.63, 3.8) is 0 Å². The normalized spacial score (nSPS) is 10.5. The van der Waals surface area contributed by atoms with Crippen molar-refractivity contribution in [3.8, 4) is 5.69 Å². The van der Waals surface area contributed by atoms with Gasteiger partial charge in [0.15, 0.2) is 0 Å². The average Bonchev–Trinajstić information content (AvgIpc) is 3.29. The number of aromatic nitrogens is 5. The average molecular weight is 431 g/mol. The molecule has 2 aromatic carbocycles. The Morgan fingerprint density at radius 3 is 2.35 bits per heavy atom. The summed E-state index contributed by atoms with van der Waals surface area (Å²) in [7, 11) is 0. The Morgan fingerprint density at radius 2 is 1.61 bits per heavy atom. The summed E-state index contributed by atoms with van der Waals surface area (Å²) in [5, 5.41) is 17.9. The fourth-order valence-corrected chi connectivity index (χ4v) is 3.26. The lowest BCUT2D eigenvalue weighted by atomic mass is 10.1. The number of nitrogens with zero attached hydrogens (tertiary/aromatic N) is 5. The van der Waals surface area contributed by atoms with E-state index in [9.17, 15) is 9.59 Å². The van der Waals surface area contributed by atoms with E-state index in [0.29, 0.717) is 27.7 Å². The van der Waals surface area contributed by atoms with E-state index in [-0.39, 0.29) is 11.8 Å². The first-order valence-corrected chi connectivity index (χ1v) is 10.4. The minimum absolute atomic E-state index is 0.301. The molecule has 0 unspecified atom stereocenters. The standard InChI is InChI=1S/C21H17N7O2S/c1-31-21-25-26-27-28(21)18-9-3-8-17(12-18)24-19(29)14-5-2-7-16(11-14)23-20(30)15-6-4-10-22-13-15/h2-13H,1H3,(H,23,30)(H,24,29). The quantitative estimate of drug-likeness (QED) is 0.450. The lowest BCUT2D eigenvalue weighted by Crippen LogP contribution is -2.15. The van der Waals surface area contributed by atoms with E-state index in [1.54, 1.807) is 65.5 Å². The largest absolute Gasteiger partial charge is 0.322 e. The van der Waals surface area contributed by atoms with E-state index < -0.39 is 0 Å². The van der Waals surface area contributed by atoms with Crippen molar-refractivity contribution < 1.29 is 9.59 Å². The van der Waals surface area contributed by atoms with Gasteiger partial charge in [-0.2, -0.15) is 4.68 Å². The number of carbonyl (C=O) groups excluding carboxylic acids is 2. The Morgan fingerprint density at radius 1 is 0.903 bits per heavy atom. The van der Waals surface area contributed by atoms with Crippen molar-refractivity contribution in [3.05, 3.63) is 84.2 Å². The van der Waals surface area contributed by atoms with Crippen LogP contribution in [0.25, 0.3) is 5.69 Å². The Balaban J connectivity index is 1.49. The van der Waals surface area contributed by atoms with Crippen LogP contribution in [0, 0.1) is 0 Å². The van der Waals surface area contributed by atoms with Crippen LogP contribution >= 0.6 is 11.8 Å². The molecule has 0 spiro atoms. The number of tetrazole rings is 1. The van der Waals surface area contributed by atoms with E-state index in [2.05, 4.69) is 31.1 Å². The Kier molecular flexibility index (Phi) is 5.99. The van der Waals surface area contributed by atoms with E-state index in [1.807, 2.05) is 12.3 Å². The van der Waals surface area contributed by atoms with Crippen molar-refractivity contribution >= 4 is 35.0 Å². The van der Waals surface area contributed by atoms with Gasteiger partial charge < -0.3 is 10.6 Å². The summed E-state index contributed by atoms with van der Waals surface area (Å²) in [6, 6.07) is 17.3. The van der Waals surface area contributed by atoms with Gasteiger partial charge in [-0.15, -0.1) is 5.10 Å². The summed E-state index contributed by atoms with van der Waals surface area (Å²) >= 11 is 1.42. The second-order valence-electron chi connectivity index (χ2n) is 6.36. The molecule has 2 aromatic heterocycles. The highest BCUT2D eigenvalue weighted by atomic mass is 32.2. The molecule has 0 saturated carbocycles. The van der Waals surface area contributed by atoms with E-state index >= 15 is 0 Å². The van der Waals surface area contributed by atoms with Crippen LogP contribution in [0.1, 0.15) is 20.7 Å². The molecule has 0 atom stereocenters. The molecular formula is C21H17N7O2S. The number of anilines is 2. The van der Waals surface area contributed by atoms with Crippen LogP contribution in [-0.2, 0) is 0 Å². The van der Waals surface area contributed by atoms with Crippen LogP contribution in [0.15, 0.2) is 78.2 Å². The first-order chi connectivity index (χ1) is 15.1. The molecule has 0 saturated heterocycles. The fourth-order valence-electron chi connectivity index (χ4n) is 2.83. The molecule has 9 nitrogen and oxygen atoms in total. The summed E-state index contributed by atoms with van der Waals surface area (Å²) in [5.74, 6) is -0.610. The van der Waals surface area contributed by atoms with Crippen LogP contribution < -0.4 is 10.6 Å². The lowest BCUT2D eigenvalue weighted by molar-refractivity contribution is 0.101. The van der Waals surface area contributed by atoms with Crippen molar-refractivity contribution in [1.82, 2.24) is 25.2 Å². The molecule has 4 aromatic rings. The molecule has 154 valence electrons. The number of rotatable bonds is 6. The second-order valence-corrected chi connectivity index (χ2v) is 7.13. The van der Waals surface area contributed by atoms with Gasteiger partial charge in [0.25, 0.3) is 11.8 Å². The summed E-state index contributed by atoms with van der Waals surface area (Å²) in [5.41, 5.74) is 2.66. The van der Waals surface area contributed by atoms with Gasteiger partial charge in [0.1, 0.15) is 0 Å². The molecule has 0 aliphatic carbocycles. The highest BCUT2D eigenvalue weighted by molar-refractivity contribution is 7.98. The van der Waals surface area contributed by atoms with Crippen LogP contribution in [0.4, 0.5) is 11.4 Å². The maximum Gasteiger partial charge on any atom is 0.257 e. The van der Waals surface area contributed by atoms with Gasteiger partial charge in [0.2, 0.25) is 5.16 Å². The van der Waals surface area contributed by atoms with E-state index in [1.165, 1.54) is 18.0 Å². The molecule has 0 radical (unpaired) electrons. The molecule has 10 heteroatoms. The highest BCUT2D eigenvalue weighted by Crippen LogP contribution is 2.20. The zero-order valence-corrected chi connectivity index (χ0v) is 17.2. The van der Waals surface area contributed by atoms with Crippen molar-refractivity contribution in [2.45, 2.75) is 5.16 Å². The molecular weight excluding hydrogens is 414 g/mol. The highest BCUT2D eigenvalue weighted by Gasteiger charge is 2.12. The summed E-state index contributed by atoms with van der Waals surface area (Å²) in [6.07, 6.45) is 4.96. The molecule has 0 bridgehead atoms. The maximum atomic E-state index is 12.8.